The minimum atomic E-state index is -0.620. The van der Waals surface area contributed by atoms with E-state index < -0.39 is 5.91 Å². The van der Waals surface area contributed by atoms with Crippen LogP contribution in [0.4, 0.5) is 0 Å². The molecule has 0 aliphatic carbocycles. The first-order valence-electron chi connectivity index (χ1n) is 9.43. The van der Waals surface area contributed by atoms with Crippen LogP contribution in [0.25, 0.3) is 11.5 Å². The number of carbonyl (C=O) groups is 2. The average Bonchev–Trinajstić information content (AvgIpc) is 3.22. The maximum atomic E-state index is 12.3. The predicted molar refractivity (Wildman–Crippen MR) is 106 cm³/mol. The molecule has 28 heavy (non-hydrogen) atoms. The number of aryl methyl sites for hydroxylation is 1. The molecule has 0 unspecified atom stereocenters. The summed E-state index contributed by atoms with van der Waals surface area (Å²) >= 11 is 0. The van der Waals surface area contributed by atoms with Gasteiger partial charge in [0.05, 0.1) is 6.20 Å². The lowest BCUT2D eigenvalue weighted by Gasteiger charge is -2.01. The summed E-state index contributed by atoms with van der Waals surface area (Å²) in [5.74, 6) is -0.329. The van der Waals surface area contributed by atoms with Gasteiger partial charge in [-0.2, -0.15) is 0 Å². The first-order chi connectivity index (χ1) is 13.6. The third-order valence-electron chi connectivity index (χ3n) is 4.46. The van der Waals surface area contributed by atoms with E-state index in [1.807, 2.05) is 6.07 Å². The minimum Gasteiger partial charge on any atom is -0.432 e. The second-order valence-electron chi connectivity index (χ2n) is 6.62. The van der Waals surface area contributed by atoms with E-state index in [2.05, 4.69) is 34.2 Å². The summed E-state index contributed by atoms with van der Waals surface area (Å²) < 4.78 is 5.53. The molecule has 6 heteroatoms. The molecule has 0 aliphatic rings. The zero-order valence-electron chi connectivity index (χ0n) is 15.6. The van der Waals surface area contributed by atoms with Gasteiger partial charge in [-0.25, -0.2) is 9.97 Å². The van der Waals surface area contributed by atoms with Crippen molar-refractivity contribution >= 4 is 11.7 Å². The lowest BCUT2D eigenvalue weighted by molar-refractivity contribution is 0.0944. The van der Waals surface area contributed by atoms with Gasteiger partial charge in [0, 0.05) is 6.42 Å². The highest BCUT2D eigenvalue weighted by atomic mass is 16.4. The van der Waals surface area contributed by atoms with E-state index in [0.29, 0.717) is 17.9 Å². The van der Waals surface area contributed by atoms with Crippen molar-refractivity contribution in [3.63, 3.8) is 0 Å². The van der Waals surface area contributed by atoms with Crippen LogP contribution in [0.15, 0.2) is 59.1 Å². The van der Waals surface area contributed by atoms with Gasteiger partial charge in [-0.15, -0.1) is 0 Å². The lowest BCUT2D eigenvalue weighted by atomic mass is 10.0. The Hall–Kier alpha value is -3.28. The molecule has 2 heterocycles. The zero-order chi connectivity index (χ0) is 19.8. The molecule has 1 aromatic carbocycles. The van der Waals surface area contributed by atoms with Crippen molar-refractivity contribution in [2.75, 3.05) is 0 Å². The molecular weight excluding hydrogens is 354 g/mol. The Morgan fingerprint density at radius 3 is 2.50 bits per heavy atom. The number of carbonyl (C=O) groups excluding carboxylic acids is 2. The van der Waals surface area contributed by atoms with Crippen LogP contribution in [0, 0.1) is 0 Å². The third-order valence-corrected chi connectivity index (χ3v) is 4.46. The number of hydrogen-bond donors (Lipinski definition) is 1. The Bertz CT molecular complexity index is 935. The fraction of sp³-hybridized carbons (Fsp3) is 0.273. The number of primary amides is 1. The van der Waals surface area contributed by atoms with Crippen LogP contribution < -0.4 is 5.73 Å². The van der Waals surface area contributed by atoms with Crippen molar-refractivity contribution in [3.05, 3.63) is 71.9 Å². The Balaban J connectivity index is 1.44. The van der Waals surface area contributed by atoms with Gasteiger partial charge in [-0.05, 0) is 37.0 Å². The molecule has 0 fully saturated rings. The summed E-state index contributed by atoms with van der Waals surface area (Å²) in [7, 11) is 0. The van der Waals surface area contributed by atoms with E-state index >= 15 is 0 Å². The Labute approximate surface area is 163 Å². The number of rotatable bonds is 10. The second kappa shape index (κ2) is 9.60. The van der Waals surface area contributed by atoms with Crippen molar-refractivity contribution in [3.8, 4) is 11.5 Å². The van der Waals surface area contributed by atoms with E-state index in [0.717, 1.165) is 32.1 Å². The molecule has 6 nitrogen and oxygen atoms in total. The van der Waals surface area contributed by atoms with Crippen LogP contribution in [0.2, 0.25) is 0 Å². The first kappa shape index (κ1) is 19.5. The Morgan fingerprint density at radius 1 is 0.929 bits per heavy atom. The summed E-state index contributed by atoms with van der Waals surface area (Å²) in [4.78, 5) is 31.7. The van der Waals surface area contributed by atoms with Crippen molar-refractivity contribution in [1.29, 1.82) is 0 Å². The normalized spacial score (nSPS) is 10.7. The summed E-state index contributed by atoms with van der Waals surface area (Å²) in [6.07, 6.45) is 6.91. The summed E-state index contributed by atoms with van der Waals surface area (Å²) in [5.41, 5.74) is 7.14. The SMILES string of the molecule is NC(=O)c1cccc(-c2cnc(C(=O)CCCCCCc3ccccc3)o2)n1. The number of benzene rings is 1. The van der Waals surface area contributed by atoms with E-state index in [9.17, 15) is 9.59 Å². The molecule has 1 amide bonds. The van der Waals surface area contributed by atoms with Crippen LogP contribution >= 0.6 is 0 Å². The molecule has 0 saturated heterocycles. The minimum absolute atomic E-state index is 0.0746. The fourth-order valence-electron chi connectivity index (χ4n) is 2.95. The van der Waals surface area contributed by atoms with E-state index in [1.54, 1.807) is 12.1 Å². The molecule has 0 aliphatic heterocycles. The maximum Gasteiger partial charge on any atom is 0.267 e. The predicted octanol–water partition coefficient (Wildman–Crippen LogP) is 4.21. The van der Waals surface area contributed by atoms with Crippen LogP contribution in [0.5, 0.6) is 0 Å². The second-order valence-corrected chi connectivity index (χ2v) is 6.62. The lowest BCUT2D eigenvalue weighted by Crippen LogP contribution is -2.12. The highest BCUT2D eigenvalue weighted by Crippen LogP contribution is 2.20. The largest absolute Gasteiger partial charge is 0.432 e. The number of unbranched alkanes of at least 4 members (excludes halogenated alkanes) is 3. The number of hydrogen-bond acceptors (Lipinski definition) is 5. The van der Waals surface area contributed by atoms with E-state index in [1.165, 1.54) is 17.8 Å². The van der Waals surface area contributed by atoms with Crippen molar-refractivity contribution in [1.82, 2.24) is 9.97 Å². The van der Waals surface area contributed by atoms with Crippen LogP contribution in [-0.2, 0) is 6.42 Å². The quantitative estimate of drug-likeness (QED) is 0.421. The molecule has 3 aromatic rings. The molecule has 2 aromatic heterocycles. The molecule has 0 bridgehead atoms. The van der Waals surface area contributed by atoms with E-state index in [-0.39, 0.29) is 17.4 Å². The van der Waals surface area contributed by atoms with Gasteiger partial charge in [-0.1, -0.05) is 49.2 Å². The zero-order valence-corrected chi connectivity index (χ0v) is 15.6. The Kier molecular flexibility index (Phi) is 6.68. The number of amides is 1. The summed E-state index contributed by atoms with van der Waals surface area (Å²) in [6, 6.07) is 15.3. The number of oxazole rings is 1. The maximum absolute atomic E-state index is 12.3. The molecule has 0 spiro atoms. The van der Waals surface area contributed by atoms with Gasteiger partial charge < -0.3 is 10.2 Å². The van der Waals surface area contributed by atoms with Crippen molar-refractivity contribution < 1.29 is 14.0 Å². The van der Waals surface area contributed by atoms with Gasteiger partial charge in [0.2, 0.25) is 5.78 Å². The first-order valence-corrected chi connectivity index (χ1v) is 9.43. The van der Waals surface area contributed by atoms with Gasteiger partial charge >= 0.3 is 0 Å². The third kappa shape index (κ3) is 5.36. The smallest absolute Gasteiger partial charge is 0.267 e. The molecule has 3 rings (SSSR count). The van der Waals surface area contributed by atoms with Gasteiger partial charge in [0.15, 0.2) is 5.76 Å². The molecule has 0 saturated carbocycles. The van der Waals surface area contributed by atoms with Gasteiger partial charge in [-0.3, -0.25) is 9.59 Å². The topological polar surface area (TPSA) is 99.1 Å². The summed E-state index contributed by atoms with van der Waals surface area (Å²) in [5, 5.41) is 0. The molecule has 0 radical (unpaired) electrons. The number of aromatic nitrogens is 2. The van der Waals surface area contributed by atoms with E-state index in [4.69, 9.17) is 10.2 Å². The molecule has 144 valence electrons. The summed E-state index contributed by atoms with van der Waals surface area (Å²) in [6.45, 7) is 0. The fourth-order valence-corrected chi connectivity index (χ4v) is 2.95. The van der Waals surface area contributed by atoms with Crippen LogP contribution in [-0.4, -0.2) is 21.7 Å². The monoisotopic (exact) mass is 377 g/mol. The number of ketones is 1. The number of pyridine rings is 1. The van der Waals surface area contributed by atoms with Crippen LogP contribution in [0.1, 0.15) is 58.8 Å². The van der Waals surface area contributed by atoms with Crippen LogP contribution in [0.3, 0.4) is 0 Å². The van der Waals surface area contributed by atoms with Gasteiger partial charge in [0.25, 0.3) is 11.8 Å². The van der Waals surface area contributed by atoms with Crippen molar-refractivity contribution in [2.45, 2.75) is 38.5 Å². The molecule has 0 atom stereocenters. The molecule has 2 N–H and O–H groups in total. The highest BCUT2D eigenvalue weighted by molar-refractivity contribution is 5.92. The van der Waals surface area contributed by atoms with Crippen molar-refractivity contribution in [2.24, 2.45) is 5.73 Å². The Morgan fingerprint density at radius 2 is 1.71 bits per heavy atom. The molecular formula is C22H23N3O3. The van der Waals surface area contributed by atoms with Gasteiger partial charge in [0.1, 0.15) is 11.4 Å². The standard InChI is InChI=1S/C22H23N3O3/c23-21(27)18-13-8-12-17(25-18)20-15-24-22(28-20)19(26)14-7-2-1-4-9-16-10-5-3-6-11-16/h3,5-6,8,10-13,15H,1-2,4,7,9,14H2,(H2,23,27). The highest BCUT2D eigenvalue weighted by Gasteiger charge is 2.15. The number of nitrogens with zero attached hydrogens (tertiary/aromatic N) is 2. The number of nitrogens with two attached hydrogens (primary N) is 1. The number of Topliss-reactive ketones (excluding diaryl/α,β-unsaturated/α-hetero) is 1. The average molecular weight is 377 g/mol.